The summed E-state index contributed by atoms with van der Waals surface area (Å²) in [5, 5.41) is 6.28. The third kappa shape index (κ3) is 5.25. The van der Waals surface area contributed by atoms with Crippen LogP contribution >= 0.6 is 11.6 Å². The molecule has 0 unspecified atom stereocenters. The van der Waals surface area contributed by atoms with Gasteiger partial charge < -0.3 is 20.3 Å². The maximum atomic E-state index is 13.5. The van der Waals surface area contributed by atoms with E-state index in [0.29, 0.717) is 41.8 Å². The normalized spacial score (nSPS) is 15.0. The summed E-state index contributed by atoms with van der Waals surface area (Å²) >= 11 is 5.88. The van der Waals surface area contributed by atoms with Crippen LogP contribution in [0.5, 0.6) is 5.75 Å². The largest absolute Gasteiger partial charge is 0.479 e. The molecule has 1 atom stereocenters. The van der Waals surface area contributed by atoms with Crippen molar-refractivity contribution in [3.8, 4) is 18.1 Å². The quantitative estimate of drug-likeness (QED) is 0.476. The topological polar surface area (TPSA) is 96.5 Å². The number of nitrogens with zero attached hydrogens (tertiary/aromatic N) is 3. The molecule has 0 aliphatic carbocycles. The summed E-state index contributed by atoms with van der Waals surface area (Å²) in [4.78, 5) is 34.7. The number of carbonyl (C=O) groups is 2. The Morgan fingerprint density at radius 3 is 2.86 bits per heavy atom. The summed E-state index contributed by atoms with van der Waals surface area (Å²) in [5.74, 6) is 1.22. The van der Waals surface area contributed by atoms with E-state index in [1.54, 1.807) is 12.1 Å². The van der Waals surface area contributed by atoms with Gasteiger partial charge in [-0.2, -0.15) is 0 Å². The summed E-state index contributed by atoms with van der Waals surface area (Å²) in [6.07, 6.45) is 7.65. The molecule has 35 heavy (non-hydrogen) atoms. The molecule has 0 radical (unpaired) electrons. The van der Waals surface area contributed by atoms with Gasteiger partial charge in [0.25, 0.3) is 5.91 Å². The zero-order valence-electron chi connectivity index (χ0n) is 18.4. The summed E-state index contributed by atoms with van der Waals surface area (Å²) in [6.45, 7) is -0.925. The molecule has 1 saturated heterocycles. The second-order valence-corrected chi connectivity index (χ2v) is 8.11. The first kappa shape index (κ1) is 24.2. The number of hydrogen-bond donors (Lipinski definition) is 2. The number of benzene rings is 2. The summed E-state index contributed by atoms with van der Waals surface area (Å²) < 4.78 is 32.1. The van der Waals surface area contributed by atoms with E-state index in [9.17, 15) is 18.4 Å². The van der Waals surface area contributed by atoms with Crippen molar-refractivity contribution in [1.29, 1.82) is 0 Å². The fourth-order valence-electron chi connectivity index (χ4n) is 3.86. The highest BCUT2D eigenvalue weighted by molar-refractivity contribution is 6.31. The highest BCUT2D eigenvalue weighted by Gasteiger charge is 2.34. The lowest BCUT2D eigenvalue weighted by atomic mass is 10.1. The van der Waals surface area contributed by atoms with Crippen molar-refractivity contribution in [1.82, 2.24) is 14.9 Å². The summed E-state index contributed by atoms with van der Waals surface area (Å²) in [6, 6.07) is 6.51. The van der Waals surface area contributed by atoms with Gasteiger partial charge in [0.2, 0.25) is 5.91 Å². The Kier molecular flexibility index (Phi) is 7.27. The van der Waals surface area contributed by atoms with E-state index in [1.165, 1.54) is 29.4 Å². The van der Waals surface area contributed by atoms with E-state index in [2.05, 4.69) is 26.5 Å². The lowest BCUT2D eigenvalue weighted by molar-refractivity contribution is -0.137. The van der Waals surface area contributed by atoms with E-state index in [1.807, 2.05) is 0 Å². The minimum Gasteiger partial charge on any atom is -0.479 e. The monoisotopic (exact) mass is 499 g/mol. The van der Waals surface area contributed by atoms with Crippen molar-refractivity contribution in [3.05, 3.63) is 47.5 Å². The van der Waals surface area contributed by atoms with Gasteiger partial charge in [-0.15, -0.1) is 6.42 Å². The van der Waals surface area contributed by atoms with Crippen LogP contribution in [0.4, 0.5) is 26.0 Å². The molecule has 2 N–H and O–H groups in total. The highest BCUT2D eigenvalue weighted by atomic mass is 35.5. The molecule has 3 aromatic rings. The molecule has 0 spiro atoms. The molecule has 1 aliphatic heterocycles. The Balaban J connectivity index is 1.69. The van der Waals surface area contributed by atoms with Gasteiger partial charge in [0.1, 0.15) is 36.4 Å². The first-order chi connectivity index (χ1) is 16.9. The minimum absolute atomic E-state index is 0.0600. The molecule has 1 aliphatic rings. The van der Waals surface area contributed by atoms with Crippen LogP contribution in [0.15, 0.2) is 36.7 Å². The van der Waals surface area contributed by atoms with Crippen LogP contribution in [0, 0.1) is 18.2 Å². The van der Waals surface area contributed by atoms with Gasteiger partial charge in [-0.1, -0.05) is 17.5 Å². The second-order valence-electron chi connectivity index (χ2n) is 7.70. The summed E-state index contributed by atoms with van der Waals surface area (Å²) in [7, 11) is 0. The Morgan fingerprint density at radius 1 is 1.29 bits per heavy atom. The van der Waals surface area contributed by atoms with Gasteiger partial charge in [-0.25, -0.2) is 18.7 Å². The molecule has 11 heteroatoms. The van der Waals surface area contributed by atoms with Crippen molar-refractivity contribution in [2.75, 3.05) is 30.5 Å². The zero-order chi connectivity index (χ0) is 24.9. The smallest absolute Gasteiger partial charge is 0.254 e. The Labute approximate surface area is 204 Å². The summed E-state index contributed by atoms with van der Waals surface area (Å²) in [5.41, 5.74) is 1.24. The second kappa shape index (κ2) is 10.5. The molecule has 1 fully saturated rings. The number of aromatic nitrogens is 2. The Bertz CT molecular complexity index is 1330. The van der Waals surface area contributed by atoms with Crippen LogP contribution in [0.25, 0.3) is 10.9 Å². The average Bonchev–Trinajstić information content (AvgIpc) is 3.35. The van der Waals surface area contributed by atoms with E-state index in [-0.39, 0.29) is 23.1 Å². The maximum Gasteiger partial charge on any atom is 0.254 e. The molecule has 2 heterocycles. The van der Waals surface area contributed by atoms with Gasteiger partial charge in [-0.05, 0) is 37.1 Å². The number of halogens is 3. The van der Waals surface area contributed by atoms with E-state index in [0.717, 1.165) is 0 Å². The molecule has 4 rings (SSSR count). The number of ether oxygens (including phenoxy) is 1. The Hall–Kier alpha value is -3.97. The van der Waals surface area contributed by atoms with E-state index < -0.39 is 30.3 Å². The standard InChI is InChI=1S/C24H20ClF2N5O3/c1-2-8-35-21-11-18-15(23(29-13-28-18)30-14-5-6-17(27)16(25)9-14)10-19(21)31-24(34)20-4-3-7-32(20)22(33)12-26/h1,5-6,9-11,13,20H,3-4,7-8,12H2,(H,31,34)(H,28,29,30)/t20-/m1/s1. The molecule has 0 saturated carbocycles. The van der Waals surface area contributed by atoms with E-state index >= 15 is 0 Å². The molecule has 180 valence electrons. The number of likely N-dealkylation sites (tertiary alicyclic amines) is 1. The van der Waals surface area contributed by atoms with Crippen molar-refractivity contribution in [2.24, 2.45) is 0 Å². The van der Waals surface area contributed by atoms with Gasteiger partial charge in [0.05, 0.1) is 16.2 Å². The van der Waals surface area contributed by atoms with Crippen LogP contribution in [-0.2, 0) is 9.59 Å². The third-order valence-corrected chi connectivity index (χ3v) is 5.77. The van der Waals surface area contributed by atoms with Gasteiger partial charge >= 0.3 is 0 Å². The number of terminal acetylenes is 1. The number of anilines is 3. The fourth-order valence-corrected chi connectivity index (χ4v) is 4.04. The number of alkyl halides is 1. The lowest BCUT2D eigenvalue weighted by Crippen LogP contribution is -2.43. The SMILES string of the molecule is C#CCOc1cc2ncnc(Nc3ccc(F)c(Cl)c3)c2cc1NC(=O)[C@H]1CCCN1C(=O)CF. The fraction of sp³-hybridized carbons (Fsp3) is 0.250. The number of amides is 2. The van der Waals surface area contributed by atoms with Gasteiger partial charge in [0.15, 0.2) is 6.67 Å². The van der Waals surface area contributed by atoms with Gasteiger partial charge in [-0.3, -0.25) is 9.59 Å². The van der Waals surface area contributed by atoms with Gasteiger partial charge in [0, 0.05) is 23.7 Å². The molecule has 1 aromatic heterocycles. The molecule has 8 nitrogen and oxygen atoms in total. The molecule has 2 aromatic carbocycles. The molecular weight excluding hydrogens is 480 g/mol. The predicted molar refractivity (Wildman–Crippen MR) is 128 cm³/mol. The molecule has 0 bridgehead atoms. The van der Waals surface area contributed by atoms with Crippen LogP contribution in [0.3, 0.4) is 0 Å². The average molecular weight is 500 g/mol. The third-order valence-electron chi connectivity index (χ3n) is 5.48. The molecular formula is C24H20ClF2N5O3. The lowest BCUT2D eigenvalue weighted by Gasteiger charge is -2.23. The maximum absolute atomic E-state index is 13.5. The zero-order valence-corrected chi connectivity index (χ0v) is 19.1. The van der Waals surface area contributed by atoms with E-state index in [4.69, 9.17) is 22.8 Å². The van der Waals surface area contributed by atoms with Crippen molar-refractivity contribution >= 4 is 51.5 Å². The number of carbonyl (C=O) groups excluding carboxylic acids is 2. The Morgan fingerprint density at radius 2 is 2.11 bits per heavy atom. The van der Waals surface area contributed by atoms with Crippen LogP contribution in [0.1, 0.15) is 12.8 Å². The highest BCUT2D eigenvalue weighted by Crippen LogP contribution is 2.34. The van der Waals surface area contributed by atoms with Crippen LogP contribution < -0.4 is 15.4 Å². The molecule has 2 amide bonds. The van der Waals surface area contributed by atoms with Crippen LogP contribution in [0.2, 0.25) is 5.02 Å². The number of fused-ring (bicyclic) bond motifs is 1. The van der Waals surface area contributed by atoms with Crippen molar-refractivity contribution in [3.63, 3.8) is 0 Å². The number of nitrogens with one attached hydrogen (secondary N) is 2. The minimum atomic E-state index is -1.17. The van der Waals surface area contributed by atoms with Crippen molar-refractivity contribution in [2.45, 2.75) is 18.9 Å². The predicted octanol–water partition coefficient (Wildman–Crippen LogP) is 4.08. The van der Waals surface area contributed by atoms with Crippen molar-refractivity contribution < 1.29 is 23.1 Å². The first-order valence-corrected chi connectivity index (χ1v) is 11.0. The number of rotatable bonds is 7. The van der Waals surface area contributed by atoms with Crippen LogP contribution in [-0.4, -0.2) is 52.6 Å². The first-order valence-electron chi connectivity index (χ1n) is 10.6. The number of hydrogen-bond acceptors (Lipinski definition) is 6.